The molecular weight excluding hydrogens is 355 g/mol. The van der Waals surface area contributed by atoms with Crippen molar-refractivity contribution in [3.05, 3.63) is 40.0 Å². The molecule has 0 fully saturated rings. The maximum absolute atomic E-state index is 12.7. The maximum atomic E-state index is 12.7. The van der Waals surface area contributed by atoms with Crippen molar-refractivity contribution in [2.24, 2.45) is 0 Å². The number of benzene rings is 1. The Morgan fingerprint density at radius 1 is 1.30 bits per heavy atom. The third-order valence-corrected chi connectivity index (χ3v) is 4.82. The Labute approximate surface area is 148 Å². The van der Waals surface area contributed by atoms with E-state index in [4.69, 9.17) is 23.2 Å². The number of carbonyl (C=O) groups is 1. The summed E-state index contributed by atoms with van der Waals surface area (Å²) < 4.78 is 0. The molecule has 3 rings (SSSR count). The Morgan fingerprint density at radius 3 is 2.65 bits per heavy atom. The number of anilines is 2. The zero-order chi connectivity index (χ0) is 16.6. The van der Waals surface area contributed by atoms with Crippen molar-refractivity contribution < 1.29 is 4.79 Å². The molecule has 2 heterocycles. The average Bonchev–Trinajstić information content (AvgIpc) is 2.52. The molecule has 120 valence electrons. The van der Waals surface area contributed by atoms with Gasteiger partial charge in [0.1, 0.15) is 5.82 Å². The van der Waals surface area contributed by atoms with Crippen molar-refractivity contribution >= 4 is 52.5 Å². The van der Waals surface area contributed by atoms with Gasteiger partial charge in [-0.25, -0.2) is 14.8 Å². The highest BCUT2D eigenvalue weighted by Gasteiger charge is 2.32. The molecule has 2 aromatic rings. The highest BCUT2D eigenvalue weighted by atomic mass is 35.5. The molecule has 5 nitrogen and oxygen atoms in total. The molecule has 23 heavy (non-hydrogen) atoms. The van der Waals surface area contributed by atoms with Crippen LogP contribution in [-0.4, -0.2) is 28.8 Å². The Bertz CT molecular complexity index is 751. The van der Waals surface area contributed by atoms with Crippen molar-refractivity contribution in [1.82, 2.24) is 9.97 Å². The van der Waals surface area contributed by atoms with Gasteiger partial charge in [-0.2, -0.15) is 0 Å². The van der Waals surface area contributed by atoms with E-state index in [2.05, 4.69) is 9.97 Å². The molecule has 0 spiro atoms. The lowest BCUT2D eigenvalue weighted by Crippen LogP contribution is -2.46. The van der Waals surface area contributed by atoms with Gasteiger partial charge in [-0.1, -0.05) is 48.0 Å². The van der Waals surface area contributed by atoms with Gasteiger partial charge in [0.2, 0.25) is 0 Å². The van der Waals surface area contributed by atoms with E-state index in [1.165, 1.54) is 16.7 Å². The number of urea groups is 1. The Balaban J connectivity index is 2.03. The normalized spacial score (nSPS) is 14.2. The highest BCUT2D eigenvalue weighted by molar-refractivity contribution is 7.99. The van der Waals surface area contributed by atoms with E-state index < -0.39 is 0 Å². The number of thioether (sulfide) groups is 1. The van der Waals surface area contributed by atoms with Crippen LogP contribution in [0, 0.1) is 0 Å². The summed E-state index contributed by atoms with van der Waals surface area (Å²) in [6, 6.07) is 4.95. The number of hydrogen-bond acceptors (Lipinski definition) is 4. The zero-order valence-corrected chi connectivity index (χ0v) is 14.9. The van der Waals surface area contributed by atoms with Crippen LogP contribution >= 0.6 is 35.0 Å². The van der Waals surface area contributed by atoms with Crippen LogP contribution in [0.15, 0.2) is 29.6 Å². The van der Waals surface area contributed by atoms with E-state index in [1.807, 2.05) is 6.92 Å². The van der Waals surface area contributed by atoms with Crippen LogP contribution in [0.1, 0.15) is 12.5 Å². The second-order valence-electron chi connectivity index (χ2n) is 4.93. The first-order valence-corrected chi connectivity index (χ1v) is 8.75. The predicted molar refractivity (Wildman–Crippen MR) is 94.9 cm³/mol. The molecule has 0 radical (unpaired) electrons. The van der Waals surface area contributed by atoms with E-state index in [0.29, 0.717) is 33.3 Å². The van der Waals surface area contributed by atoms with Crippen LogP contribution in [0.3, 0.4) is 0 Å². The lowest BCUT2D eigenvalue weighted by Gasteiger charge is -2.34. The Kier molecular flexibility index (Phi) is 4.66. The summed E-state index contributed by atoms with van der Waals surface area (Å²) in [4.78, 5) is 24.6. The molecule has 8 heteroatoms. The molecule has 0 atom stereocenters. The minimum absolute atomic E-state index is 0.223. The molecule has 2 amide bonds. The zero-order valence-electron chi connectivity index (χ0n) is 12.6. The fourth-order valence-electron chi connectivity index (χ4n) is 2.41. The number of fused-ring (bicyclic) bond motifs is 1. The minimum Gasteiger partial charge on any atom is -0.286 e. The number of carbonyl (C=O) groups excluding carboxylic acids is 1. The van der Waals surface area contributed by atoms with E-state index in [1.54, 1.807) is 36.3 Å². The average molecular weight is 369 g/mol. The third kappa shape index (κ3) is 2.98. The van der Waals surface area contributed by atoms with Crippen molar-refractivity contribution in [2.75, 3.05) is 22.6 Å². The minimum atomic E-state index is -0.223. The number of para-hydroxylation sites is 1. The van der Waals surface area contributed by atoms with Gasteiger partial charge >= 0.3 is 6.03 Å². The number of nitrogens with zero attached hydrogens (tertiary/aromatic N) is 4. The van der Waals surface area contributed by atoms with Gasteiger partial charge in [0.15, 0.2) is 5.16 Å². The topological polar surface area (TPSA) is 49.3 Å². The fraction of sp³-hybridized carbons (Fsp3) is 0.267. The number of halogens is 2. The monoisotopic (exact) mass is 368 g/mol. The van der Waals surface area contributed by atoms with E-state index >= 15 is 0 Å². The summed E-state index contributed by atoms with van der Waals surface area (Å²) in [6.07, 6.45) is 1.75. The quantitative estimate of drug-likeness (QED) is 0.592. The van der Waals surface area contributed by atoms with Gasteiger partial charge in [-0.3, -0.25) is 9.80 Å². The molecule has 1 aromatic carbocycles. The highest BCUT2D eigenvalue weighted by Crippen LogP contribution is 2.38. The summed E-state index contributed by atoms with van der Waals surface area (Å²) in [7, 11) is 1.69. The molecular formula is C15H14Cl2N4OS. The molecule has 0 unspecified atom stereocenters. The van der Waals surface area contributed by atoms with E-state index in [0.717, 1.165) is 11.3 Å². The molecule has 0 aliphatic carbocycles. The van der Waals surface area contributed by atoms with Crippen LogP contribution in [0.25, 0.3) is 0 Å². The van der Waals surface area contributed by atoms with Crippen LogP contribution in [0.2, 0.25) is 10.0 Å². The summed E-state index contributed by atoms with van der Waals surface area (Å²) in [5.74, 6) is 1.50. The number of amides is 2. The first-order chi connectivity index (χ1) is 11.0. The van der Waals surface area contributed by atoms with Gasteiger partial charge in [0.25, 0.3) is 0 Å². The molecule has 0 saturated carbocycles. The SMILES string of the molecule is CCSc1ncc2c(n1)N(C)C(=O)N(c1c(Cl)cccc1Cl)C2. The van der Waals surface area contributed by atoms with Crippen LogP contribution in [0.4, 0.5) is 16.3 Å². The smallest absolute Gasteiger partial charge is 0.286 e. The second-order valence-corrected chi connectivity index (χ2v) is 6.98. The molecule has 1 aliphatic heterocycles. The van der Waals surface area contributed by atoms with Gasteiger partial charge in [0.05, 0.1) is 22.3 Å². The summed E-state index contributed by atoms with van der Waals surface area (Å²) in [5, 5.41) is 1.53. The van der Waals surface area contributed by atoms with Crippen molar-refractivity contribution in [1.29, 1.82) is 0 Å². The summed E-state index contributed by atoms with van der Waals surface area (Å²) >= 11 is 14.0. The molecule has 0 bridgehead atoms. The van der Waals surface area contributed by atoms with Crippen LogP contribution in [-0.2, 0) is 6.54 Å². The largest absolute Gasteiger partial charge is 0.330 e. The van der Waals surface area contributed by atoms with E-state index in [-0.39, 0.29) is 6.03 Å². The molecule has 0 saturated heterocycles. The van der Waals surface area contributed by atoms with Gasteiger partial charge < -0.3 is 0 Å². The standard InChI is InChI=1S/C15H14Cl2N4OS/c1-3-23-14-18-7-9-8-21(15(22)20(2)13(9)19-14)12-10(16)5-4-6-11(12)17/h4-7H,3,8H2,1-2H3. The first kappa shape index (κ1) is 16.4. The van der Waals surface area contributed by atoms with Gasteiger partial charge in [-0.05, 0) is 17.9 Å². The lowest BCUT2D eigenvalue weighted by atomic mass is 10.2. The Hall–Kier alpha value is -1.50. The van der Waals surface area contributed by atoms with Crippen molar-refractivity contribution in [3.63, 3.8) is 0 Å². The van der Waals surface area contributed by atoms with Gasteiger partial charge in [0, 0.05) is 18.8 Å². The van der Waals surface area contributed by atoms with Crippen LogP contribution < -0.4 is 9.80 Å². The van der Waals surface area contributed by atoms with E-state index in [9.17, 15) is 4.79 Å². The van der Waals surface area contributed by atoms with Crippen molar-refractivity contribution in [2.45, 2.75) is 18.6 Å². The summed E-state index contributed by atoms with van der Waals surface area (Å²) in [5.41, 5.74) is 1.36. The fourth-order valence-corrected chi connectivity index (χ4v) is 3.55. The molecule has 1 aliphatic rings. The molecule has 0 N–H and O–H groups in total. The predicted octanol–water partition coefficient (Wildman–Crippen LogP) is 4.47. The number of rotatable bonds is 3. The van der Waals surface area contributed by atoms with Crippen molar-refractivity contribution in [3.8, 4) is 0 Å². The van der Waals surface area contributed by atoms with Crippen LogP contribution in [0.5, 0.6) is 0 Å². The second kappa shape index (κ2) is 6.55. The molecule has 1 aromatic heterocycles. The van der Waals surface area contributed by atoms with Gasteiger partial charge in [-0.15, -0.1) is 0 Å². The Morgan fingerprint density at radius 2 is 2.00 bits per heavy atom. The number of hydrogen-bond donors (Lipinski definition) is 0. The number of aromatic nitrogens is 2. The third-order valence-electron chi connectivity index (χ3n) is 3.46. The maximum Gasteiger partial charge on any atom is 0.330 e. The lowest BCUT2D eigenvalue weighted by molar-refractivity contribution is 0.251. The first-order valence-electron chi connectivity index (χ1n) is 7.01. The summed E-state index contributed by atoms with van der Waals surface area (Å²) in [6.45, 7) is 2.36.